The van der Waals surface area contributed by atoms with Crippen molar-refractivity contribution in [2.45, 2.75) is 6.54 Å². The summed E-state index contributed by atoms with van der Waals surface area (Å²) in [6.07, 6.45) is 0. The molecule has 0 saturated heterocycles. The van der Waals surface area contributed by atoms with Crippen molar-refractivity contribution >= 4 is 28.3 Å². The highest BCUT2D eigenvalue weighted by atomic mass is 79.9. The van der Waals surface area contributed by atoms with Crippen molar-refractivity contribution in [3.8, 4) is 0 Å². The minimum absolute atomic E-state index is 0. The van der Waals surface area contributed by atoms with Gasteiger partial charge in [-0.25, -0.2) is 4.39 Å². The van der Waals surface area contributed by atoms with Gasteiger partial charge in [-0.1, -0.05) is 6.07 Å². The van der Waals surface area contributed by atoms with Crippen LogP contribution >= 0.6 is 28.3 Å². The first-order chi connectivity index (χ1) is 5.24. The number of hydrazine groups is 1. The Hall–Kier alpha value is -0.160. The number of nitrogens with two attached hydrogens (primary N) is 1. The van der Waals surface area contributed by atoms with Gasteiger partial charge >= 0.3 is 0 Å². The van der Waals surface area contributed by atoms with Gasteiger partial charge in [0.2, 0.25) is 0 Å². The summed E-state index contributed by atoms with van der Waals surface area (Å²) in [4.78, 5) is 0. The SMILES string of the molecule is Cl.NNCc1ccc(F)c(Br)c1. The van der Waals surface area contributed by atoms with Crippen LogP contribution < -0.4 is 11.3 Å². The first-order valence-electron chi connectivity index (χ1n) is 3.11. The maximum Gasteiger partial charge on any atom is 0.137 e. The predicted octanol–water partition coefficient (Wildman–Crippen LogP) is 1.97. The molecule has 0 aromatic heterocycles. The molecule has 12 heavy (non-hydrogen) atoms. The van der Waals surface area contributed by atoms with Crippen LogP contribution in [0.2, 0.25) is 0 Å². The molecule has 0 unspecified atom stereocenters. The fraction of sp³-hybridized carbons (Fsp3) is 0.143. The van der Waals surface area contributed by atoms with E-state index in [9.17, 15) is 4.39 Å². The third kappa shape index (κ3) is 3.06. The molecule has 1 aromatic carbocycles. The number of hydrogen-bond acceptors (Lipinski definition) is 2. The summed E-state index contributed by atoms with van der Waals surface area (Å²) in [7, 11) is 0. The van der Waals surface area contributed by atoms with Crippen molar-refractivity contribution in [1.29, 1.82) is 0 Å². The van der Waals surface area contributed by atoms with E-state index < -0.39 is 0 Å². The Bertz CT molecular complexity index is 257. The van der Waals surface area contributed by atoms with Crippen LogP contribution in [0.3, 0.4) is 0 Å². The van der Waals surface area contributed by atoms with E-state index in [1.165, 1.54) is 6.07 Å². The van der Waals surface area contributed by atoms with E-state index in [1.54, 1.807) is 12.1 Å². The quantitative estimate of drug-likeness (QED) is 0.626. The average Bonchev–Trinajstić information content (AvgIpc) is 1.98. The van der Waals surface area contributed by atoms with Crippen LogP contribution in [0.4, 0.5) is 4.39 Å². The molecule has 0 spiro atoms. The lowest BCUT2D eigenvalue weighted by atomic mass is 10.2. The van der Waals surface area contributed by atoms with Gasteiger partial charge in [0, 0.05) is 6.54 Å². The van der Waals surface area contributed by atoms with Gasteiger partial charge in [-0.15, -0.1) is 12.4 Å². The first-order valence-corrected chi connectivity index (χ1v) is 3.90. The van der Waals surface area contributed by atoms with Crippen LogP contribution in [0.15, 0.2) is 22.7 Å². The molecule has 3 N–H and O–H groups in total. The smallest absolute Gasteiger partial charge is 0.137 e. The molecule has 0 atom stereocenters. The number of nitrogens with one attached hydrogen (secondary N) is 1. The van der Waals surface area contributed by atoms with Crippen LogP contribution in [-0.4, -0.2) is 0 Å². The van der Waals surface area contributed by atoms with Crippen LogP contribution in [0.1, 0.15) is 5.56 Å². The molecular weight excluding hydrogens is 246 g/mol. The fourth-order valence-electron chi connectivity index (χ4n) is 0.767. The molecule has 2 nitrogen and oxygen atoms in total. The monoisotopic (exact) mass is 254 g/mol. The third-order valence-corrected chi connectivity index (χ3v) is 1.90. The molecule has 0 aliphatic rings. The average molecular weight is 256 g/mol. The fourth-order valence-corrected chi connectivity index (χ4v) is 1.19. The lowest BCUT2D eigenvalue weighted by Crippen LogP contribution is -2.20. The molecule has 1 aromatic rings. The molecule has 0 heterocycles. The van der Waals surface area contributed by atoms with Gasteiger partial charge in [0.15, 0.2) is 0 Å². The van der Waals surface area contributed by atoms with E-state index >= 15 is 0 Å². The van der Waals surface area contributed by atoms with Crippen LogP contribution in [0.5, 0.6) is 0 Å². The summed E-state index contributed by atoms with van der Waals surface area (Å²) in [6, 6.07) is 4.77. The number of rotatable bonds is 2. The lowest BCUT2D eigenvalue weighted by molar-refractivity contribution is 0.619. The highest BCUT2D eigenvalue weighted by Crippen LogP contribution is 2.16. The van der Waals surface area contributed by atoms with Gasteiger partial charge in [0.1, 0.15) is 5.82 Å². The Balaban J connectivity index is 0.00000121. The van der Waals surface area contributed by atoms with Crippen LogP contribution in [-0.2, 0) is 6.54 Å². The van der Waals surface area contributed by atoms with Crippen LogP contribution in [0.25, 0.3) is 0 Å². The first kappa shape index (κ1) is 11.8. The Morgan fingerprint density at radius 1 is 1.50 bits per heavy atom. The third-order valence-electron chi connectivity index (χ3n) is 1.29. The molecule has 0 aliphatic heterocycles. The number of halogens is 3. The van der Waals surface area contributed by atoms with E-state index in [1.807, 2.05) is 0 Å². The van der Waals surface area contributed by atoms with Gasteiger partial charge in [-0.3, -0.25) is 11.3 Å². The van der Waals surface area contributed by atoms with Gasteiger partial charge in [0.25, 0.3) is 0 Å². The zero-order valence-corrected chi connectivity index (χ0v) is 8.58. The highest BCUT2D eigenvalue weighted by Gasteiger charge is 1.98. The minimum atomic E-state index is -0.259. The lowest BCUT2D eigenvalue weighted by Gasteiger charge is -2.00. The molecule has 0 saturated carbocycles. The molecule has 1 rings (SSSR count). The topological polar surface area (TPSA) is 38.0 Å². The summed E-state index contributed by atoms with van der Waals surface area (Å²) in [5.41, 5.74) is 3.43. The number of benzene rings is 1. The van der Waals surface area contributed by atoms with Gasteiger partial charge in [0.05, 0.1) is 4.47 Å². The maximum atomic E-state index is 12.6. The molecule has 0 radical (unpaired) electrons. The normalized spacial score (nSPS) is 9.25. The Morgan fingerprint density at radius 2 is 2.17 bits per heavy atom. The van der Waals surface area contributed by atoms with E-state index in [-0.39, 0.29) is 18.2 Å². The molecular formula is C7H9BrClFN2. The molecule has 0 amide bonds. The standard InChI is InChI=1S/C7H8BrFN2.ClH/c8-6-3-5(4-11-10)1-2-7(6)9;/h1-3,11H,4,10H2;1H. The molecule has 5 heteroatoms. The van der Waals surface area contributed by atoms with Crippen molar-refractivity contribution < 1.29 is 4.39 Å². The van der Waals surface area contributed by atoms with Crippen molar-refractivity contribution in [3.63, 3.8) is 0 Å². The second kappa shape index (κ2) is 5.48. The zero-order chi connectivity index (χ0) is 8.27. The summed E-state index contributed by atoms with van der Waals surface area (Å²) < 4.78 is 13.1. The summed E-state index contributed by atoms with van der Waals surface area (Å²) in [6.45, 7) is 0.541. The predicted molar refractivity (Wildman–Crippen MR) is 52.4 cm³/mol. The molecule has 0 bridgehead atoms. The molecule has 0 aliphatic carbocycles. The summed E-state index contributed by atoms with van der Waals surface area (Å²) >= 11 is 3.07. The second-order valence-electron chi connectivity index (χ2n) is 2.13. The Kier molecular flexibility index (Phi) is 5.41. The summed E-state index contributed by atoms with van der Waals surface area (Å²) in [5.74, 6) is 4.83. The van der Waals surface area contributed by atoms with Gasteiger partial charge < -0.3 is 0 Å². The Morgan fingerprint density at radius 3 is 2.67 bits per heavy atom. The maximum absolute atomic E-state index is 12.6. The number of hydrogen-bond donors (Lipinski definition) is 2. The second-order valence-corrected chi connectivity index (χ2v) is 2.98. The highest BCUT2D eigenvalue weighted by molar-refractivity contribution is 9.10. The van der Waals surface area contributed by atoms with E-state index in [4.69, 9.17) is 5.84 Å². The van der Waals surface area contributed by atoms with Crippen molar-refractivity contribution in [1.82, 2.24) is 5.43 Å². The summed E-state index contributed by atoms with van der Waals surface area (Å²) in [5, 5.41) is 0. The molecule has 68 valence electrons. The van der Waals surface area contributed by atoms with Gasteiger partial charge in [-0.05, 0) is 33.6 Å². The largest absolute Gasteiger partial charge is 0.271 e. The van der Waals surface area contributed by atoms with Gasteiger partial charge in [-0.2, -0.15) is 0 Å². The molecule has 0 fully saturated rings. The van der Waals surface area contributed by atoms with Crippen molar-refractivity contribution in [3.05, 3.63) is 34.1 Å². The van der Waals surface area contributed by atoms with Crippen molar-refractivity contribution in [2.75, 3.05) is 0 Å². The van der Waals surface area contributed by atoms with E-state index in [0.29, 0.717) is 11.0 Å². The Labute approximate surface area is 84.8 Å². The van der Waals surface area contributed by atoms with Crippen LogP contribution in [0, 0.1) is 5.82 Å². The van der Waals surface area contributed by atoms with Crippen molar-refractivity contribution in [2.24, 2.45) is 5.84 Å². The minimum Gasteiger partial charge on any atom is -0.271 e. The van der Waals surface area contributed by atoms with E-state index in [2.05, 4.69) is 21.4 Å². The van der Waals surface area contributed by atoms with E-state index in [0.717, 1.165) is 5.56 Å². The zero-order valence-electron chi connectivity index (χ0n) is 6.18.